The molecule has 6 rings (SSSR count). The molecule has 1 saturated carbocycles. The number of rotatable bonds is 6. The van der Waals surface area contributed by atoms with Crippen LogP contribution in [0.2, 0.25) is 0 Å². The summed E-state index contributed by atoms with van der Waals surface area (Å²) in [6, 6.07) is 12.4. The lowest BCUT2D eigenvalue weighted by molar-refractivity contribution is -0.137. The summed E-state index contributed by atoms with van der Waals surface area (Å²) >= 11 is 0. The molecule has 12 heteroatoms. The van der Waals surface area contributed by atoms with Gasteiger partial charge in [-0.3, -0.25) is 14.4 Å². The van der Waals surface area contributed by atoms with Gasteiger partial charge in [0.05, 0.1) is 34.5 Å². The highest BCUT2D eigenvalue weighted by Gasteiger charge is 2.56. The highest BCUT2D eigenvalue weighted by atomic mass is 19.4. The van der Waals surface area contributed by atoms with Crippen LogP contribution in [0.25, 0.3) is 5.69 Å². The van der Waals surface area contributed by atoms with Crippen LogP contribution in [0.5, 0.6) is 0 Å². The van der Waals surface area contributed by atoms with Gasteiger partial charge in [0.2, 0.25) is 11.8 Å². The molecule has 1 saturated heterocycles. The van der Waals surface area contributed by atoms with Crippen molar-refractivity contribution >= 4 is 23.4 Å². The molecule has 1 aromatic heterocycles. The Morgan fingerprint density at radius 1 is 1.17 bits per heavy atom. The predicted octanol–water partition coefficient (Wildman–Crippen LogP) is 3.80. The zero-order valence-corrected chi connectivity index (χ0v) is 21.7. The molecular weight excluding hydrogens is 537 g/mol. The second kappa shape index (κ2) is 9.76. The summed E-state index contributed by atoms with van der Waals surface area (Å²) in [5, 5.41) is 19.5. The van der Waals surface area contributed by atoms with E-state index in [1.165, 1.54) is 29.3 Å². The average Bonchev–Trinajstić information content (AvgIpc) is 3.38. The molecule has 2 aliphatic heterocycles. The molecular formula is C29H25F3N6O3. The molecule has 2 N–H and O–H groups in total. The topological polar surface area (TPSA) is 120 Å². The Morgan fingerprint density at radius 3 is 2.63 bits per heavy atom. The van der Waals surface area contributed by atoms with Crippen LogP contribution in [0.4, 0.5) is 18.9 Å². The molecule has 1 spiro atoms. The van der Waals surface area contributed by atoms with Crippen LogP contribution >= 0.6 is 0 Å². The van der Waals surface area contributed by atoms with Gasteiger partial charge in [-0.05, 0) is 36.1 Å². The Labute approximate surface area is 232 Å². The number of carbonyl (C=O) groups is 3. The summed E-state index contributed by atoms with van der Waals surface area (Å²) < 4.78 is 41.5. The van der Waals surface area contributed by atoms with Crippen LogP contribution in [0, 0.1) is 17.2 Å². The monoisotopic (exact) mass is 562 g/mol. The smallest absolute Gasteiger partial charge is 0.340 e. The van der Waals surface area contributed by atoms with E-state index in [9.17, 15) is 32.8 Å². The number of para-hydroxylation sites is 2. The standard InChI is InChI=1S/C29H25F3N6O3/c30-29(31,32)21-6-2-4-8-24(21)38-15-18(14-34-38)25(39)35-23(11-17-9-10-17)26(40)37-16-28(12-19(37)13-33)20-5-1-3-7-22(20)36-27(28)41/h1-8,14-15,17,19,23H,9-12,16H2,(H,35,39)(H,36,41)/t19-,23-,28-/m0/s1. The van der Waals surface area contributed by atoms with E-state index in [1.807, 2.05) is 6.07 Å². The van der Waals surface area contributed by atoms with Crippen molar-refractivity contribution in [1.82, 2.24) is 20.0 Å². The normalized spacial score (nSPS) is 22.2. The fourth-order valence-corrected chi connectivity index (χ4v) is 5.82. The second-order valence-corrected chi connectivity index (χ2v) is 10.8. The van der Waals surface area contributed by atoms with Gasteiger partial charge in [0.25, 0.3) is 5.91 Å². The van der Waals surface area contributed by atoms with Gasteiger partial charge < -0.3 is 15.5 Å². The maximum atomic E-state index is 13.9. The van der Waals surface area contributed by atoms with Gasteiger partial charge in [0.1, 0.15) is 12.1 Å². The SMILES string of the molecule is N#C[C@@H]1C[C@@]2(CN1C(=O)[C@H](CC1CC1)NC(=O)c1cnn(-c3ccccc3C(F)(F)F)c1)C(=O)Nc1ccccc12. The lowest BCUT2D eigenvalue weighted by Gasteiger charge is -2.27. The maximum absolute atomic E-state index is 13.9. The highest BCUT2D eigenvalue weighted by Crippen LogP contribution is 2.46. The van der Waals surface area contributed by atoms with Crippen LogP contribution in [0.1, 0.15) is 47.2 Å². The van der Waals surface area contributed by atoms with Crippen molar-refractivity contribution in [2.75, 3.05) is 11.9 Å². The first-order valence-electron chi connectivity index (χ1n) is 13.2. The third kappa shape index (κ3) is 4.71. The quantitative estimate of drug-likeness (QED) is 0.474. The van der Waals surface area contributed by atoms with Crippen molar-refractivity contribution in [3.05, 3.63) is 77.6 Å². The van der Waals surface area contributed by atoms with E-state index in [-0.39, 0.29) is 36.0 Å². The number of carbonyl (C=O) groups excluding carboxylic acids is 3. The molecule has 9 nitrogen and oxygen atoms in total. The van der Waals surface area contributed by atoms with E-state index >= 15 is 0 Å². The van der Waals surface area contributed by atoms with Crippen molar-refractivity contribution in [2.24, 2.45) is 5.92 Å². The highest BCUT2D eigenvalue weighted by molar-refractivity contribution is 6.07. The number of alkyl halides is 3. The minimum Gasteiger partial charge on any atom is -0.340 e. The minimum absolute atomic E-state index is 0.00387. The third-order valence-electron chi connectivity index (χ3n) is 8.09. The number of halogens is 3. The van der Waals surface area contributed by atoms with E-state index in [4.69, 9.17) is 0 Å². The van der Waals surface area contributed by atoms with Gasteiger partial charge in [-0.2, -0.15) is 23.5 Å². The fraction of sp³-hybridized carbons (Fsp3) is 0.345. The summed E-state index contributed by atoms with van der Waals surface area (Å²) in [4.78, 5) is 41.6. The minimum atomic E-state index is -4.62. The van der Waals surface area contributed by atoms with E-state index in [0.29, 0.717) is 12.1 Å². The second-order valence-electron chi connectivity index (χ2n) is 10.8. The Hall–Kier alpha value is -4.66. The third-order valence-corrected chi connectivity index (χ3v) is 8.09. The molecule has 3 aliphatic rings. The fourth-order valence-electron chi connectivity index (χ4n) is 5.82. The number of likely N-dealkylation sites (tertiary alicyclic amines) is 1. The number of fused-ring (bicyclic) bond motifs is 2. The Morgan fingerprint density at radius 2 is 1.90 bits per heavy atom. The summed E-state index contributed by atoms with van der Waals surface area (Å²) in [5.41, 5.74) is -0.841. The van der Waals surface area contributed by atoms with Crippen molar-refractivity contribution in [3.8, 4) is 11.8 Å². The number of hydrogen-bond acceptors (Lipinski definition) is 5. The lowest BCUT2D eigenvalue weighted by Crippen LogP contribution is -2.51. The molecule has 1 aliphatic carbocycles. The van der Waals surface area contributed by atoms with Crippen molar-refractivity contribution in [1.29, 1.82) is 5.26 Å². The summed E-state index contributed by atoms with van der Waals surface area (Å²) in [7, 11) is 0. The van der Waals surface area contributed by atoms with Gasteiger partial charge in [0, 0.05) is 24.8 Å². The van der Waals surface area contributed by atoms with Crippen molar-refractivity contribution < 1.29 is 27.6 Å². The van der Waals surface area contributed by atoms with Gasteiger partial charge in [-0.25, -0.2) is 4.68 Å². The average molecular weight is 563 g/mol. The first-order chi connectivity index (χ1) is 19.6. The first kappa shape index (κ1) is 26.6. The number of hydrogen-bond donors (Lipinski definition) is 2. The van der Waals surface area contributed by atoms with Crippen LogP contribution < -0.4 is 10.6 Å². The zero-order chi connectivity index (χ0) is 28.9. The molecule has 3 heterocycles. The zero-order valence-electron chi connectivity index (χ0n) is 21.7. The molecule has 3 aromatic rings. The number of nitrogens with one attached hydrogen (secondary N) is 2. The Bertz CT molecular complexity index is 1590. The van der Waals surface area contributed by atoms with Gasteiger partial charge in [-0.15, -0.1) is 0 Å². The molecule has 2 fully saturated rings. The number of nitrogens with zero attached hydrogens (tertiary/aromatic N) is 4. The maximum Gasteiger partial charge on any atom is 0.418 e. The molecule has 41 heavy (non-hydrogen) atoms. The summed E-state index contributed by atoms with van der Waals surface area (Å²) in [6.45, 7) is -0.00387. The molecule has 0 unspecified atom stereocenters. The van der Waals surface area contributed by atoms with Crippen LogP contribution in [-0.4, -0.2) is 51.0 Å². The molecule has 0 bridgehead atoms. The molecule has 0 radical (unpaired) electrons. The van der Waals surface area contributed by atoms with Crippen LogP contribution in [0.3, 0.4) is 0 Å². The lowest BCUT2D eigenvalue weighted by atomic mass is 9.80. The number of benzene rings is 2. The number of aromatic nitrogens is 2. The van der Waals surface area contributed by atoms with Crippen molar-refractivity contribution in [3.63, 3.8) is 0 Å². The molecule has 3 atom stereocenters. The van der Waals surface area contributed by atoms with E-state index < -0.39 is 41.1 Å². The molecule has 2 aromatic carbocycles. The number of amides is 3. The van der Waals surface area contributed by atoms with Gasteiger partial charge in [-0.1, -0.05) is 43.2 Å². The molecule has 210 valence electrons. The molecule has 3 amide bonds. The number of nitriles is 1. The summed E-state index contributed by atoms with van der Waals surface area (Å²) in [6.07, 6.45) is -0.0208. The van der Waals surface area contributed by atoms with Crippen LogP contribution in [0.15, 0.2) is 60.9 Å². The van der Waals surface area contributed by atoms with Crippen molar-refractivity contribution in [2.45, 2.75) is 49.4 Å². The van der Waals surface area contributed by atoms with Crippen LogP contribution in [-0.2, 0) is 21.2 Å². The summed E-state index contributed by atoms with van der Waals surface area (Å²) in [5.74, 6) is -1.20. The van der Waals surface area contributed by atoms with E-state index in [1.54, 1.807) is 18.2 Å². The first-order valence-corrected chi connectivity index (χ1v) is 13.2. The van der Waals surface area contributed by atoms with Gasteiger partial charge >= 0.3 is 6.18 Å². The Balaban J connectivity index is 1.24. The largest absolute Gasteiger partial charge is 0.418 e. The predicted molar refractivity (Wildman–Crippen MR) is 140 cm³/mol. The van der Waals surface area contributed by atoms with Gasteiger partial charge in [0.15, 0.2) is 0 Å². The Kier molecular flexibility index (Phi) is 6.32. The van der Waals surface area contributed by atoms with E-state index in [2.05, 4.69) is 21.8 Å². The van der Waals surface area contributed by atoms with E-state index in [0.717, 1.165) is 35.4 Å². The number of anilines is 1.